The van der Waals surface area contributed by atoms with Gasteiger partial charge in [-0.3, -0.25) is 4.79 Å². The Bertz CT molecular complexity index is 877. The molecule has 0 radical (unpaired) electrons. The van der Waals surface area contributed by atoms with E-state index in [9.17, 15) is 4.79 Å². The molecule has 4 nitrogen and oxygen atoms in total. The van der Waals surface area contributed by atoms with Gasteiger partial charge in [0.25, 0.3) is 5.91 Å². The molecular weight excluding hydrogens is 322 g/mol. The van der Waals surface area contributed by atoms with E-state index in [-0.39, 0.29) is 5.91 Å². The minimum Gasteiger partial charge on any atom is -0.357 e. The van der Waals surface area contributed by atoms with Crippen LogP contribution < -0.4 is 10.2 Å². The van der Waals surface area contributed by atoms with Crippen molar-refractivity contribution < 1.29 is 4.79 Å². The first kappa shape index (κ1) is 17.9. The predicted molar refractivity (Wildman–Crippen MR) is 109 cm³/mol. The van der Waals surface area contributed by atoms with E-state index >= 15 is 0 Å². The van der Waals surface area contributed by atoms with Crippen LogP contribution in [-0.2, 0) is 0 Å². The molecule has 0 spiro atoms. The lowest BCUT2D eigenvalue weighted by Gasteiger charge is -2.23. The number of fused-ring (bicyclic) bond motifs is 1. The second-order valence-corrected chi connectivity index (χ2v) is 6.30. The molecule has 3 rings (SSSR count). The quantitative estimate of drug-likeness (QED) is 0.646. The molecule has 0 bridgehead atoms. The van der Waals surface area contributed by atoms with Crippen molar-refractivity contribution in [3.8, 4) is 0 Å². The lowest BCUT2D eigenvalue weighted by atomic mass is 10.1. The molecule has 2 aromatic carbocycles. The van der Waals surface area contributed by atoms with Crippen LogP contribution >= 0.6 is 0 Å². The first-order valence-corrected chi connectivity index (χ1v) is 9.24. The Morgan fingerprint density at radius 2 is 1.77 bits per heavy atom. The van der Waals surface area contributed by atoms with Crippen LogP contribution in [0.3, 0.4) is 0 Å². The molecule has 0 fully saturated rings. The minimum absolute atomic E-state index is 0.109. The number of carbonyl (C=O) groups excluding carboxylic acids is 1. The molecule has 0 aliphatic heterocycles. The normalized spacial score (nSPS) is 10.7. The smallest absolute Gasteiger partial charge is 0.256 e. The van der Waals surface area contributed by atoms with Gasteiger partial charge in [0.15, 0.2) is 0 Å². The van der Waals surface area contributed by atoms with E-state index in [1.54, 1.807) is 0 Å². The fraction of sp³-hybridized carbons (Fsp3) is 0.273. The molecule has 0 atom stereocenters. The molecule has 26 heavy (non-hydrogen) atoms. The Morgan fingerprint density at radius 3 is 2.50 bits per heavy atom. The molecule has 0 aliphatic carbocycles. The van der Waals surface area contributed by atoms with Gasteiger partial charge in [0, 0.05) is 24.2 Å². The van der Waals surface area contributed by atoms with E-state index in [2.05, 4.69) is 24.1 Å². The summed E-state index contributed by atoms with van der Waals surface area (Å²) in [7, 11) is 0. The standard InChI is InChI=1S/C22H25N3O/c1-3-5-15-25(4-2)21-16-19(18-13-9-10-14-20(18)24-21)22(26)23-17-11-7-6-8-12-17/h6-14,16H,3-5,15H2,1-2H3,(H,23,26). The number of unbranched alkanes of at least 4 members (excludes halogenated alkanes) is 1. The molecule has 1 heterocycles. The van der Waals surface area contributed by atoms with Gasteiger partial charge in [-0.25, -0.2) is 4.98 Å². The van der Waals surface area contributed by atoms with E-state index in [0.29, 0.717) is 5.56 Å². The Labute approximate surface area is 154 Å². The van der Waals surface area contributed by atoms with E-state index in [4.69, 9.17) is 4.98 Å². The number of hydrogen-bond acceptors (Lipinski definition) is 3. The zero-order valence-electron chi connectivity index (χ0n) is 15.4. The number of aromatic nitrogens is 1. The van der Waals surface area contributed by atoms with Gasteiger partial charge in [-0.05, 0) is 37.6 Å². The summed E-state index contributed by atoms with van der Waals surface area (Å²) in [6.07, 6.45) is 2.24. The van der Waals surface area contributed by atoms with Crippen LogP contribution in [0.4, 0.5) is 11.5 Å². The zero-order valence-corrected chi connectivity index (χ0v) is 15.4. The highest BCUT2D eigenvalue weighted by Crippen LogP contribution is 2.24. The summed E-state index contributed by atoms with van der Waals surface area (Å²) in [6, 6.07) is 19.3. The highest BCUT2D eigenvalue weighted by molar-refractivity contribution is 6.13. The molecule has 0 saturated heterocycles. The van der Waals surface area contributed by atoms with Crippen LogP contribution in [0.15, 0.2) is 60.7 Å². The lowest BCUT2D eigenvalue weighted by Crippen LogP contribution is -2.25. The second-order valence-electron chi connectivity index (χ2n) is 6.30. The van der Waals surface area contributed by atoms with Crippen LogP contribution in [0, 0.1) is 0 Å². The van der Waals surface area contributed by atoms with Gasteiger partial charge < -0.3 is 10.2 Å². The third-order valence-corrected chi connectivity index (χ3v) is 4.47. The maximum atomic E-state index is 12.9. The average Bonchev–Trinajstić information content (AvgIpc) is 2.68. The van der Waals surface area contributed by atoms with Crippen molar-refractivity contribution >= 4 is 28.3 Å². The number of nitrogens with one attached hydrogen (secondary N) is 1. The Morgan fingerprint density at radius 1 is 1.04 bits per heavy atom. The number of rotatable bonds is 7. The molecule has 1 amide bonds. The van der Waals surface area contributed by atoms with Crippen molar-refractivity contribution in [2.24, 2.45) is 0 Å². The zero-order chi connectivity index (χ0) is 18.4. The van der Waals surface area contributed by atoms with Crippen LogP contribution in [0.25, 0.3) is 10.9 Å². The van der Waals surface area contributed by atoms with E-state index in [0.717, 1.165) is 48.3 Å². The summed E-state index contributed by atoms with van der Waals surface area (Å²) in [4.78, 5) is 20.0. The summed E-state index contributed by atoms with van der Waals surface area (Å²) in [5.41, 5.74) is 2.29. The van der Waals surface area contributed by atoms with Crippen LogP contribution in [-0.4, -0.2) is 24.0 Å². The summed E-state index contributed by atoms with van der Waals surface area (Å²) in [6.45, 7) is 6.11. The lowest BCUT2D eigenvalue weighted by molar-refractivity contribution is 0.102. The van der Waals surface area contributed by atoms with Crippen LogP contribution in [0.1, 0.15) is 37.0 Å². The number of pyridine rings is 1. The summed E-state index contributed by atoms with van der Waals surface area (Å²) >= 11 is 0. The van der Waals surface area contributed by atoms with Crippen molar-refractivity contribution in [1.29, 1.82) is 0 Å². The fourth-order valence-electron chi connectivity index (χ4n) is 3.01. The number of anilines is 2. The first-order chi connectivity index (χ1) is 12.7. The number of nitrogens with zero attached hydrogens (tertiary/aromatic N) is 2. The first-order valence-electron chi connectivity index (χ1n) is 9.24. The molecule has 0 aliphatic rings. The molecule has 4 heteroatoms. The topological polar surface area (TPSA) is 45.2 Å². The van der Waals surface area contributed by atoms with Gasteiger partial charge in [0.2, 0.25) is 0 Å². The highest BCUT2D eigenvalue weighted by atomic mass is 16.1. The summed E-state index contributed by atoms with van der Waals surface area (Å²) in [5, 5.41) is 3.86. The maximum Gasteiger partial charge on any atom is 0.256 e. The van der Waals surface area contributed by atoms with Gasteiger partial charge in [-0.1, -0.05) is 49.7 Å². The van der Waals surface area contributed by atoms with E-state index in [1.807, 2.05) is 60.7 Å². The molecule has 134 valence electrons. The Balaban J connectivity index is 2.00. The van der Waals surface area contributed by atoms with E-state index < -0.39 is 0 Å². The predicted octanol–water partition coefficient (Wildman–Crippen LogP) is 5.11. The Hall–Kier alpha value is -2.88. The fourth-order valence-corrected chi connectivity index (χ4v) is 3.01. The molecule has 0 unspecified atom stereocenters. The van der Waals surface area contributed by atoms with Crippen molar-refractivity contribution in [1.82, 2.24) is 4.98 Å². The average molecular weight is 347 g/mol. The van der Waals surface area contributed by atoms with Crippen molar-refractivity contribution in [2.45, 2.75) is 26.7 Å². The molecule has 1 aromatic heterocycles. The number of benzene rings is 2. The van der Waals surface area contributed by atoms with Gasteiger partial charge in [-0.15, -0.1) is 0 Å². The van der Waals surface area contributed by atoms with Gasteiger partial charge in [0.05, 0.1) is 11.1 Å². The summed E-state index contributed by atoms with van der Waals surface area (Å²) in [5.74, 6) is 0.750. The van der Waals surface area contributed by atoms with Crippen molar-refractivity contribution in [2.75, 3.05) is 23.3 Å². The number of carbonyl (C=O) groups is 1. The van der Waals surface area contributed by atoms with Crippen LogP contribution in [0.5, 0.6) is 0 Å². The van der Waals surface area contributed by atoms with Gasteiger partial charge in [-0.2, -0.15) is 0 Å². The van der Waals surface area contributed by atoms with Gasteiger partial charge in [0.1, 0.15) is 5.82 Å². The third-order valence-electron chi connectivity index (χ3n) is 4.47. The summed E-state index contributed by atoms with van der Waals surface area (Å²) < 4.78 is 0. The van der Waals surface area contributed by atoms with Gasteiger partial charge >= 0.3 is 0 Å². The van der Waals surface area contributed by atoms with Crippen molar-refractivity contribution in [3.05, 3.63) is 66.2 Å². The molecule has 1 N–H and O–H groups in total. The second kappa shape index (κ2) is 8.48. The molecule has 0 saturated carbocycles. The van der Waals surface area contributed by atoms with E-state index in [1.165, 1.54) is 0 Å². The largest absolute Gasteiger partial charge is 0.357 e. The molecule has 3 aromatic rings. The third kappa shape index (κ3) is 4.02. The Kier molecular flexibility index (Phi) is 5.84. The number of amides is 1. The number of hydrogen-bond donors (Lipinski definition) is 1. The maximum absolute atomic E-state index is 12.9. The van der Waals surface area contributed by atoms with Crippen LogP contribution in [0.2, 0.25) is 0 Å². The number of para-hydroxylation sites is 2. The minimum atomic E-state index is -0.109. The monoisotopic (exact) mass is 347 g/mol. The van der Waals surface area contributed by atoms with Crippen molar-refractivity contribution in [3.63, 3.8) is 0 Å². The highest BCUT2D eigenvalue weighted by Gasteiger charge is 2.15. The molecular formula is C22H25N3O. The SMILES string of the molecule is CCCCN(CC)c1cc(C(=O)Nc2ccccc2)c2ccccc2n1.